The molecule has 2 rings (SSSR count). The van der Waals surface area contributed by atoms with E-state index in [9.17, 15) is 4.79 Å². The van der Waals surface area contributed by atoms with Gasteiger partial charge in [-0.05, 0) is 46.6 Å². The minimum atomic E-state index is -1.08. The lowest BCUT2D eigenvalue weighted by Gasteiger charge is -2.11. The molecule has 1 aromatic carbocycles. The Morgan fingerprint density at radius 1 is 1.35 bits per heavy atom. The smallest absolute Gasteiger partial charge is 0.339 e. The Morgan fingerprint density at radius 2 is 2.10 bits per heavy atom. The maximum atomic E-state index is 11.2. The molecule has 0 radical (unpaired) electrons. The molecule has 5 nitrogen and oxygen atoms in total. The molecule has 0 aliphatic heterocycles. The largest absolute Gasteiger partial charge is 0.497 e. The van der Waals surface area contributed by atoms with E-state index in [2.05, 4.69) is 20.9 Å². The number of benzene rings is 1. The molecule has 20 heavy (non-hydrogen) atoms. The van der Waals surface area contributed by atoms with Gasteiger partial charge in [0.25, 0.3) is 0 Å². The van der Waals surface area contributed by atoms with Crippen LogP contribution in [-0.4, -0.2) is 23.2 Å². The maximum Gasteiger partial charge on any atom is 0.339 e. The van der Waals surface area contributed by atoms with E-state index in [0.29, 0.717) is 16.1 Å². The topological polar surface area (TPSA) is 68.7 Å². The molecule has 1 heterocycles. The fourth-order valence-electron chi connectivity index (χ4n) is 1.59. The Balaban J connectivity index is 2.43. The van der Waals surface area contributed by atoms with Crippen molar-refractivity contribution in [2.75, 3.05) is 7.11 Å². The van der Waals surface area contributed by atoms with Crippen LogP contribution in [0.1, 0.15) is 15.9 Å². The number of carbonyl (C=O) groups is 1. The van der Waals surface area contributed by atoms with Crippen molar-refractivity contribution in [1.82, 2.24) is 4.98 Å². The summed E-state index contributed by atoms with van der Waals surface area (Å²) >= 11 is 3.34. The second-order valence-electron chi connectivity index (χ2n) is 4.07. The van der Waals surface area contributed by atoms with Crippen molar-refractivity contribution in [1.29, 1.82) is 0 Å². The summed E-state index contributed by atoms with van der Waals surface area (Å²) in [5.74, 6) is -0.0978. The predicted molar refractivity (Wildman–Crippen MR) is 76.7 cm³/mol. The number of carboxylic acids is 1. The monoisotopic (exact) mass is 337 g/mol. The molecule has 1 aromatic heterocycles. The van der Waals surface area contributed by atoms with Crippen molar-refractivity contribution in [3.05, 3.63) is 46.1 Å². The van der Waals surface area contributed by atoms with Gasteiger partial charge in [-0.1, -0.05) is 0 Å². The minimum Gasteiger partial charge on any atom is -0.497 e. The molecule has 0 amide bonds. The van der Waals surface area contributed by atoms with Gasteiger partial charge in [0.15, 0.2) is 0 Å². The summed E-state index contributed by atoms with van der Waals surface area (Å²) in [6, 6.07) is 6.34. The first kappa shape index (κ1) is 14.3. The number of hydrogen-bond donors (Lipinski definition) is 1. The van der Waals surface area contributed by atoms with Crippen LogP contribution in [0.2, 0.25) is 0 Å². The van der Waals surface area contributed by atoms with Crippen LogP contribution in [0.15, 0.2) is 34.9 Å². The number of hydrogen-bond acceptors (Lipinski definition) is 4. The first-order chi connectivity index (χ1) is 9.51. The number of carboxylic acid groups (broad SMARTS) is 1. The number of methoxy groups -OCH3 is 1. The second-order valence-corrected chi connectivity index (χ2v) is 4.92. The molecule has 0 fully saturated rings. The number of ether oxygens (including phenoxy) is 2. The lowest BCUT2D eigenvalue weighted by atomic mass is 10.2. The summed E-state index contributed by atoms with van der Waals surface area (Å²) in [6.45, 7) is 1.90. The lowest BCUT2D eigenvalue weighted by molar-refractivity contribution is 0.0694. The number of halogens is 1. The highest BCUT2D eigenvalue weighted by molar-refractivity contribution is 9.10. The van der Waals surface area contributed by atoms with Gasteiger partial charge in [-0.25, -0.2) is 9.78 Å². The quantitative estimate of drug-likeness (QED) is 0.922. The average molecular weight is 338 g/mol. The summed E-state index contributed by atoms with van der Waals surface area (Å²) in [6.07, 6.45) is 1.64. The van der Waals surface area contributed by atoms with Gasteiger partial charge in [-0.15, -0.1) is 0 Å². The summed E-state index contributed by atoms with van der Waals surface area (Å²) in [7, 11) is 1.50. The fourth-order valence-corrected chi connectivity index (χ4v) is 2.14. The van der Waals surface area contributed by atoms with Crippen LogP contribution in [0.3, 0.4) is 0 Å². The Hall–Kier alpha value is -2.08. The first-order valence-corrected chi connectivity index (χ1v) is 6.52. The van der Waals surface area contributed by atoms with Crippen LogP contribution in [0.5, 0.6) is 17.4 Å². The molecule has 6 heteroatoms. The van der Waals surface area contributed by atoms with Crippen molar-refractivity contribution in [3.8, 4) is 17.4 Å². The van der Waals surface area contributed by atoms with Crippen LogP contribution < -0.4 is 9.47 Å². The molecular weight excluding hydrogens is 326 g/mol. The minimum absolute atomic E-state index is 0.0417. The summed E-state index contributed by atoms with van der Waals surface area (Å²) < 4.78 is 11.3. The zero-order chi connectivity index (χ0) is 14.7. The van der Waals surface area contributed by atoms with Gasteiger partial charge in [-0.2, -0.15) is 0 Å². The molecule has 0 spiro atoms. The number of nitrogens with zero attached hydrogens (tertiary/aromatic N) is 1. The number of aryl methyl sites for hydroxylation is 1. The highest BCUT2D eigenvalue weighted by atomic mass is 79.9. The fraction of sp³-hybridized carbons (Fsp3) is 0.143. The molecule has 0 saturated heterocycles. The van der Waals surface area contributed by atoms with Gasteiger partial charge in [0.05, 0.1) is 11.6 Å². The Labute approximate surface area is 124 Å². The normalized spacial score (nSPS) is 10.2. The Bertz CT molecular complexity index is 658. The van der Waals surface area contributed by atoms with E-state index in [0.717, 1.165) is 5.56 Å². The molecule has 0 aliphatic carbocycles. The summed E-state index contributed by atoms with van der Waals surface area (Å²) in [4.78, 5) is 15.3. The van der Waals surface area contributed by atoms with Crippen LogP contribution in [0, 0.1) is 6.92 Å². The highest BCUT2D eigenvalue weighted by Crippen LogP contribution is 2.32. The van der Waals surface area contributed by atoms with E-state index in [1.54, 1.807) is 12.3 Å². The van der Waals surface area contributed by atoms with Crippen molar-refractivity contribution in [2.45, 2.75) is 6.92 Å². The van der Waals surface area contributed by atoms with E-state index in [4.69, 9.17) is 14.6 Å². The molecule has 1 N–H and O–H groups in total. The third-order valence-corrected chi connectivity index (χ3v) is 3.14. The standard InChI is InChI=1S/C14H12BrNO4/c1-8-5-11(15)13(16-7-8)20-12-6-9(19-2)3-4-10(12)14(17)18/h3-7H,1-2H3,(H,17,18). The second kappa shape index (κ2) is 5.92. The zero-order valence-electron chi connectivity index (χ0n) is 10.9. The summed E-state index contributed by atoms with van der Waals surface area (Å²) in [5.41, 5.74) is 1.01. The zero-order valence-corrected chi connectivity index (χ0v) is 12.5. The molecule has 0 bridgehead atoms. The number of pyridine rings is 1. The van der Waals surface area contributed by atoms with Crippen molar-refractivity contribution < 1.29 is 19.4 Å². The van der Waals surface area contributed by atoms with E-state index >= 15 is 0 Å². The van der Waals surface area contributed by atoms with Gasteiger partial charge in [-0.3, -0.25) is 0 Å². The molecule has 2 aromatic rings. The van der Waals surface area contributed by atoms with Crippen LogP contribution in [-0.2, 0) is 0 Å². The van der Waals surface area contributed by atoms with Crippen LogP contribution in [0.4, 0.5) is 0 Å². The van der Waals surface area contributed by atoms with Crippen LogP contribution >= 0.6 is 15.9 Å². The van der Waals surface area contributed by atoms with Gasteiger partial charge in [0.2, 0.25) is 5.88 Å². The average Bonchev–Trinajstić information content (AvgIpc) is 2.41. The molecule has 0 unspecified atom stereocenters. The highest BCUT2D eigenvalue weighted by Gasteiger charge is 2.15. The third-order valence-electron chi connectivity index (χ3n) is 2.57. The van der Waals surface area contributed by atoms with Gasteiger partial charge in [0, 0.05) is 12.3 Å². The maximum absolute atomic E-state index is 11.2. The number of aromatic carboxylic acids is 1. The van der Waals surface area contributed by atoms with E-state index in [1.165, 1.54) is 19.2 Å². The third kappa shape index (κ3) is 3.08. The van der Waals surface area contributed by atoms with Crippen LogP contribution in [0.25, 0.3) is 0 Å². The first-order valence-electron chi connectivity index (χ1n) is 5.72. The number of rotatable bonds is 4. The molecule has 0 atom stereocenters. The molecule has 0 saturated carbocycles. The van der Waals surface area contributed by atoms with Gasteiger partial charge < -0.3 is 14.6 Å². The number of aromatic nitrogens is 1. The SMILES string of the molecule is COc1ccc(C(=O)O)c(Oc2ncc(C)cc2Br)c1. The Morgan fingerprint density at radius 3 is 2.70 bits per heavy atom. The summed E-state index contributed by atoms with van der Waals surface area (Å²) in [5, 5.41) is 9.17. The predicted octanol–water partition coefficient (Wildman–Crippen LogP) is 3.65. The molecule has 104 valence electrons. The van der Waals surface area contributed by atoms with E-state index in [-0.39, 0.29) is 11.3 Å². The van der Waals surface area contributed by atoms with E-state index in [1.807, 2.05) is 13.0 Å². The molecule has 0 aliphatic rings. The van der Waals surface area contributed by atoms with Crippen molar-refractivity contribution in [3.63, 3.8) is 0 Å². The van der Waals surface area contributed by atoms with Crippen molar-refractivity contribution >= 4 is 21.9 Å². The van der Waals surface area contributed by atoms with Crippen molar-refractivity contribution in [2.24, 2.45) is 0 Å². The lowest BCUT2D eigenvalue weighted by Crippen LogP contribution is -2.01. The van der Waals surface area contributed by atoms with Gasteiger partial charge >= 0.3 is 5.97 Å². The van der Waals surface area contributed by atoms with Gasteiger partial charge in [0.1, 0.15) is 17.1 Å². The van der Waals surface area contributed by atoms with E-state index < -0.39 is 5.97 Å². The molecular formula is C14H12BrNO4. The Kier molecular flexibility index (Phi) is 4.24.